The predicted octanol–water partition coefficient (Wildman–Crippen LogP) is 4.99. The summed E-state index contributed by atoms with van der Waals surface area (Å²) in [4.78, 5) is 37.0. The first-order valence-electron chi connectivity index (χ1n) is 8.30. The van der Waals surface area contributed by atoms with E-state index in [-0.39, 0.29) is 17.1 Å². The SMILES string of the molecule is CCOc1ccc(Br)cc1/C=C1\SC(=O)N(Cc2ccccc2[N+](=O)[O-])C1=O. The highest BCUT2D eigenvalue weighted by molar-refractivity contribution is 9.10. The summed E-state index contributed by atoms with van der Waals surface area (Å²) in [5.74, 6) is 0.103. The minimum Gasteiger partial charge on any atom is -0.493 e. The number of thioether (sulfide) groups is 1. The van der Waals surface area contributed by atoms with Gasteiger partial charge in [0.05, 0.1) is 23.0 Å². The van der Waals surface area contributed by atoms with E-state index in [0.29, 0.717) is 23.5 Å². The van der Waals surface area contributed by atoms with Gasteiger partial charge in [0, 0.05) is 21.7 Å². The minimum absolute atomic E-state index is 0.129. The molecule has 0 aromatic heterocycles. The van der Waals surface area contributed by atoms with Gasteiger partial charge in [0.2, 0.25) is 0 Å². The number of para-hydroxylation sites is 1. The van der Waals surface area contributed by atoms with Crippen molar-refractivity contribution in [2.75, 3.05) is 6.61 Å². The third-order valence-electron chi connectivity index (χ3n) is 3.95. The van der Waals surface area contributed by atoms with Crippen molar-refractivity contribution >= 4 is 50.6 Å². The lowest BCUT2D eigenvalue weighted by atomic mass is 10.1. The van der Waals surface area contributed by atoms with Crippen molar-refractivity contribution in [2.45, 2.75) is 13.5 Å². The smallest absolute Gasteiger partial charge is 0.293 e. The Labute approximate surface area is 173 Å². The van der Waals surface area contributed by atoms with Crippen molar-refractivity contribution < 1.29 is 19.2 Å². The molecule has 2 aromatic rings. The number of carbonyl (C=O) groups is 2. The maximum atomic E-state index is 12.8. The number of hydrogen-bond acceptors (Lipinski definition) is 6. The van der Waals surface area contributed by atoms with Gasteiger partial charge < -0.3 is 4.74 Å². The van der Waals surface area contributed by atoms with Crippen LogP contribution in [0, 0.1) is 10.1 Å². The zero-order chi connectivity index (χ0) is 20.3. The van der Waals surface area contributed by atoms with Crippen LogP contribution < -0.4 is 4.74 Å². The van der Waals surface area contributed by atoms with Crippen molar-refractivity contribution in [3.05, 3.63) is 73.1 Å². The number of carbonyl (C=O) groups excluding carboxylic acids is 2. The van der Waals surface area contributed by atoms with Gasteiger partial charge in [-0.3, -0.25) is 24.6 Å². The van der Waals surface area contributed by atoms with Crippen LogP contribution in [0.2, 0.25) is 0 Å². The number of hydrogen-bond donors (Lipinski definition) is 0. The fraction of sp³-hybridized carbons (Fsp3) is 0.158. The van der Waals surface area contributed by atoms with Gasteiger partial charge in [0.15, 0.2) is 0 Å². The Balaban J connectivity index is 1.90. The predicted molar refractivity (Wildman–Crippen MR) is 110 cm³/mol. The summed E-state index contributed by atoms with van der Waals surface area (Å²) in [7, 11) is 0. The van der Waals surface area contributed by atoms with Crippen molar-refractivity contribution in [3.63, 3.8) is 0 Å². The molecule has 7 nitrogen and oxygen atoms in total. The fourth-order valence-electron chi connectivity index (χ4n) is 2.69. The minimum atomic E-state index is -0.528. The van der Waals surface area contributed by atoms with Crippen LogP contribution in [0.4, 0.5) is 10.5 Å². The molecule has 0 radical (unpaired) electrons. The van der Waals surface area contributed by atoms with E-state index in [9.17, 15) is 19.7 Å². The van der Waals surface area contributed by atoms with Crippen molar-refractivity contribution in [3.8, 4) is 5.75 Å². The van der Waals surface area contributed by atoms with Gasteiger partial charge in [-0.25, -0.2) is 0 Å². The number of ether oxygens (including phenoxy) is 1. The first-order valence-corrected chi connectivity index (χ1v) is 9.91. The first-order chi connectivity index (χ1) is 13.4. The van der Waals surface area contributed by atoms with Crippen LogP contribution in [0.25, 0.3) is 6.08 Å². The molecule has 1 saturated heterocycles. The Hall–Kier alpha value is -2.65. The zero-order valence-corrected chi connectivity index (χ0v) is 17.2. The number of rotatable bonds is 6. The number of benzene rings is 2. The molecule has 0 saturated carbocycles. The molecule has 2 amide bonds. The van der Waals surface area contributed by atoms with Crippen LogP contribution in [-0.2, 0) is 11.3 Å². The maximum absolute atomic E-state index is 12.8. The second kappa shape index (κ2) is 8.57. The molecule has 0 atom stereocenters. The number of nitro benzene ring substituents is 1. The number of halogens is 1. The Kier molecular flexibility index (Phi) is 6.15. The van der Waals surface area contributed by atoms with Crippen LogP contribution in [0.5, 0.6) is 5.75 Å². The highest BCUT2D eigenvalue weighted by Crippen LogP contribution is 2.36. The summed E-state index contributed by atoms with van der Waals surface area (Å²) < 4.78 is 6.38. The van der Waals surface area contributed by atoms with Crippen molar-refractivity contribution in [1.29, 1.82) is 0 Å². The third-order valence-corrected chi connectivity index (χ3v) is 5.35. The molecule has 0 N–H and O–H groups in total. The summed E-state index contributed by atoms with van der Waals surface area (Å²) in [5, 5.41) is 10.7. The number of nitro groups is 1. The Morgan fingerprint density at radius 1 is 1.25 bits per heavy atom. The fourth-order valence-corrected chi connectivity index (χ4v) is 3.90. The van der Waals surface area contributed by atoms with Gasteiger partial charge in [-0.15, -0.1) is 0 Å². The molecule has 28 heavy (non-hydrogen) atoms. The number of imide groups is 1. The van der Waals surface area contributed by atoms with Gasteiger partial charge in [-0.2, -0.15) is 0 Å². The van der Waals surface area contributed by atoms with Crippen LogP contribution in [0.1, 0.15) is 18.1 Å². The van der Waals surface area contributed by atoms with Crippen LogP contribution in [-0.4, -0.2) is 27.6 Å². The second-order valence-corrected chi connectivity index (χ2v) is 7.68. The van der Waals surface area contributed by atoms with E-state index in [4.69, 9.17) is 4.74 Å². The van der Waals surface area contributed by atoms with Gasteiger partial charge in [-0.1, -0.05) is 34.1 Å². The second-order valence-electron chi connectivity index (χ2n) is 5.77. The van der Waals surface area contributed by atoms with E-state index >= 15 is 0 Å². The summed E-state index contributed by atoms with van der Waals surface area (Å²) in [6.07, 6.45) is 1.60. The van der Waals surface area contributed by atoms with E-state index in [1.165, 1.54) is 18.2 Å². The van der Waals surface area contributed by atoms with Gasteiger partial charge >= 0.3 is 0 Å². The lowest BCUT2D eigenvalue weighted by Crippen LogP contribution is -2.27. The molecule has 1 aliphatic heterocycles. The quantitative estimate of drug-likeness (QED) is 0.341. The highest BCUT2D eigenvalue weighted by Gasteiger charge is 2.36. The molecule has 0 unspecified atom stereocenters. The summed E-state index contributed by atoms with van der Waals surface area (Å²) in [6.45, 7) is 2.16. The van der Waals surface area contributed by atoms with E-state index in [0.717, 1.165) is 21.1 Å². The lowest BCUT2D eigenvalue weighted by molar-refractivity contribution is -0.385. The number of nitrogens with zero attached hydrogens (tertiary/aromatic N) is 2. The monoisotopic (exact) mass is 462 g/mol. The average molecular weight is 463 g/mol. The Morgan fingerprint density at radius 3 is 2.71 bits per heavy atom. The molecule has 2 aromatic carbocycles. The van der Waals surface area contributed by atoms with Crippen LogP contribution in [0.3, 0.4) is 0 Å². The normalized spacial score (nSPS) is 15.4. The summed E-state index contributed by atoms with van der Waals surface area (Å²) >= 11 is 4.18. The van der Waals surface area contributed by atoms with Crippen molar-refractivity contribution in [2.24, 2.45) is 0 Å². The standard InChI is InChI=1S/C19H15BrN2O5S/c1-2-27-16-8-7-14(20)9-13(16)10-17-18(23)21(19(24)28-17)11-12-5-3-4-6-15(12)22(25)26/h3-10H,2,11H2,1H3/b17-10-. The molecule has 9 heteroatoms. The average Bonchev–Trinajstić information content (AvgIpc) is 2.92. The Morgan fingerprint density at radius 2 is 2.00 bits per heavy atom. The molecular formula is C19H15BrN2O5S. The van der Waals surface area contributed by atoms with Crippen molar-refractivity contribution in [1.82, 2.24) is 4.90 Å². The third kappa shape index (κ3) is 4.26. The molecule has 1 fully saturated rings. The molecule has 1 aliphatic rings. The molecule has 0 aliphatic carbocycles. The molecule has 0 spiro atoms. The summed E-state index contributed by atoms with van der Waals surface area (Å²) in [6, 6.07) is 11.4. The molecule has 3 rings (SSSR count). The number of amides is 2. The molecule has 0 bridgehead atoms. The first kappa shape index (κ1) is 20.1. The van der Waals surface area contributed by atoms with E-state index in [1.807, 2.05) is 13.0 Å². The lowest BCUT2D eigenvalue weighted by Gasteiger charge is -2.12. The summed E-state index contributed by atoms with van der Waals surface area (Å²) in [5.41, 5.74) is 0.831. The molecule has 144 valence electrons. The molecular weight excluding hydrogens is 448 g/mol. The van der Waals surface area contributed by atoms with E-state index < -0.39 is 16.1 Å². The zero-order valence-electron chi connectivity index (χ0n) is 14.8. The van der Waals surface area contributed by atoms with Crippen LogP contribution in [0.15, 0.2) is 51.8 Å². The van der Waals surface area contributed by atoms with Gasteiger partial charge in [0.25, 0.3) is 16.8 Å². The van der Waals surface area contributed by atoms with E-state index in [1.54, 1.807) is 24.3 Å². The van der Waals surface area contributed by atoms with Crippen LogP contribution >= 0.6 is 27.7 Å². The van der Waals surface area contributed by atoms with Gasteiger partial charge in [-0.05, 0) is 43.0 Å². The largest absolute Gasteiger partial charge is 0.493 e. The highest BCUT2D eigenvalue weighted by atomic mass is 79.9. The maximum Gasteiger partial charge on any atom is 0.293 e. The topological polar surface area (TPSA) is 89.8 Å². The Bertz CT molecular complexity index is 992. The van der Waals surface area contributed by atoms with Gasteiger partial charge in [0.1, 0.15) is 5.75 Å². The van der Waals surface area contributed by atoms with E-state index in [2.05, 4.69) is 15.9 Å². The molecule has 1 heterocycles.